The van der Waals surface area contributed by atoms with E-state index in [1.54, 1.807) is 6.20 Å². The van der Waals surface area contributed by atoms with E-state index in [4.69, 9.17) is 4.74 Å². The number of pyridine rings is 1. The van der Waals surface area contributed by atoms with Crippen LogP contribution in [0.5, 0.6) is 0 Å². The van der Waals surface area contributed by atoms with Crippen molar-refractivity contribution in [3.63, 3.8) is 0 Å². The first-order chi connectivity index (χ1) is 10.3. The minimum absolute atomic E-state index is 0.175. The molecule has 1 aromatic carbocycles. The largest absolute Gasteiger partial charge is 0.464 e. The number of carbonyl (C=O) groups excluding carboxylic acids is 1. The number of rotatable bonds is 3. The molecule has 21 heavy (non-hydrogen) atoms. The summed E-state index contributed by atoms with van der Waals surface area (Å²) >= 11 is 0. The van der Waals surface area contributed by atoms with Crippen LogP contribution in [0.2, 0.25) is 0 Å². The van der Waals surface area contributed by atoms with Crippen molar-refractivity contribution in [1.29, 1.82) is 0 Å². The number of aromatic nitrogens is 1. The van der Waals surface area contributed by atoms with Gasteiger partial charge in [-0.15, -0.1) is 0 Å². The van der Waals surface area contributed by atoms with Crippen LogP contribution in [-0.4, -0.2) is 43.2 Å². The maximum Gasteiger partial charge on any atom is 0.330 e. The molecule has 2 aromatic rings. The van der Waals surface area contributed by atoms with Crippen molar-refractivity contribution in [2.24, 2.45) is 0 Å². The van der Waals surface area contributed by atoms with Gasteiger partial charge in [-0.1, -0.05) is 18.2 Å². The molecule has 0 spiro atoms. The van der Waals surface area contributed by atoms with Gasteiger partial charge in [0, 0.05) is 36.9 Å². The number of anilines is 1. The molecule has 0 bridgehead atoms. The summed E-state index contributed by atoms with van der Waals surface area (Å²) in [5.74, 6) is -0.175. The Hall–Kier alpha value is -2.14. The number of hydrogen-bond acceptors (Lipinski definition) is 5. The molecule has 1 aliphatic heterocycles. The quantitative estimate of drug-likeness (QED) is 0.868. The smallest absolute Gasteiger partial charge is 0.330 e. The van der Waals surface area contributed by atoms with Gasteiger partial charge in [-0.2, -0.15) is 0 Å². The van der Waals surface area contributed by atoms with E-state index in [1.165, 1.54) is 0 Å². The fraction of sp³-hybridized carbons (Fsp3) is 0.375. The second kappa shape index (κ2) is 6.10. The van der Waals surface area contributed by atoms with Gasteiger partial charge in [0.25, 0.3) is 0 Å². The summed E-state index contributed by atoms with van der Waals surface area (Å²) < 4.78 is 5.21. The molecule has 0 aliphatic carbocycles. The van der Waals surface area contributed by atoms with Gasteiger partial charge in [-0.3, -0.25) is 4.98 Å². The Morgan fingerprint density at radius 1 is 1.43 bits per heavy atom. The number of esters is 1. The van der Waals surface area contributed by atoms with Gasteiger partial charge in [-0.25, -0.2) is 4.79 Å². The minimum atomic E-state index is -0.287. The maximum absolute atomic E-state index is 12.2. The Bertz CT molecular complexity index is 639. The molecular weight excluding hydrogens is 266 g/mol. The number of carbonyl (C=O) groups is 1. The number of nitrogens with one attached hydrogen (secondary N) is 1. The average molecular weight is 285 g/mol. The second-order valence-electron chi connectivity index (χ2n) is 5.01. The lowest BCUT2D eigenvalue weighted by Gasteiger charge is -2.36. The van der Waals surface area contributed by atoms with Crippen LogP contribution >= 0.6 is 0 Å². The van der Waals surface area contributed by atoms with Crippen LogP contribution in [0.15, 0.2) is 36.5 Å². The van der Waals surface area contributed by atoms with Crippen LogP contribution in [-0.2, 0) is 9.53 Å². The number of nitrogens with zero attached hydrogens (tertiary/aromatic N) is 2. The van der Waals surface area contributed by atoms with Crippen molar-refractivity contribution in [1.82, 2.24) is 10.3 Å². The van der Waals surface area contributed by atoms with E-state index >= 15 is 0 Å². The van der Waals surface area contributed by atoms with Crippen LogP contribution in [0.4, 0.5) is 5.69 Å². The van der Waals surface area contributed by atoms with E-state index in [-0.39, 0.29) is 12.0 Å². The van der Waals surface area contributed by atoms with Gasteiger partial charge in [-0.05, 0) is 19.1 Å². The molecule has 0 radical (unpaired) electrons. The second-order valence-corrected chi connectivity index (χ2v) is 5.01. The SMILES string of the molecule is CCOC(=O)C1CNCCN1c1ccnc2ccccc12. The van der Waals surface area contributed by atoms with E-state index < -0.39 is 0 Å². The molecule has 1 aromatic heterocycles. The van der Waals surface area contributed by atoms with Gasteiger partial charge in [0.1, 0.15) is 6.04 Å². The molecule has 2 heterocycles. The summed E-state index contributed by atoms with van der Waals surface area (Å²) in [6.07, 6.45) is 1.79. The first-order valence-electron chi connectivity index (χ1n) is 7.29. The van der Waals surface area contributed by atoms with Gasteiger partial charge in [0.15, 0.2) is 0 Å². The maximum atomic E-state index is 12.2. The standard InChI is InChI=1S/C16H19N3O2/c1-2-21-16(20)15-11-17-9-10-19(15)14-7-8-18-13-6-4-3-5-12(13)14/h3-8,15,17H,2,9-11H2,1H3. The molecule has 110 valence electrons. The third kappa shape index (κ3) is 2.69. The Morgan fingerprint density at radius 3 is 3.14 bits per heavy atom. The highest BCUT2D eigenvalue weighted by molar-refractivity contribution is 5.93. The molecule has 3 rings (SSSR count). The lowest BCUT2D eigenvalue weighted by Crippen LogP contribution is -2.55. The fourth-order valence-electron chi connectivity index (χ4n) is 2.77. The van der Waals surface area contributed by atoms with Crippen molar-refractivity contribution in [3.8, 4) is 0 Å². The number of para-hydroxylation sites is 1. The van der Waals surface area contributed by atoms with Gasteiger partial charge in [0.2, 0.25) is 0 Å². The molecule has 1 saturated heterocycles. The third-order valence-electron chi connectivity index (χ3n) is 3.74. The summed E-state index contributed by atoms with van der Waals surface area (Å²) in [4.78, 5) is 18.7. The van der Waals surface area contributed by atoms with Crippen LogP contribution < -0.4 is 10.2 Å². The van der Waals surface area contributed by atoms with Crippen molar-refractivity contribution >= 4 is 22.6 Å². The molecule has 1 N–H and O–H groups in total. The lowest BCUT2D eigenvalue weighted by atomic mass is 10.1. The predicted octanol–water partition coefficient (Wildman–Crippen LogP) is 1.58. The summed E-state index contributed by atoms with van der Waals surface area (Å²) in [5.41, 5.74) is 1.98. The average Bonchev–Trinajstić information content (AvgIpc) is 2.54. The predicted molar refractivity (Wildman–Crippen MR) is 82.4 cm³/mol. The molecule has 1 fully saturated rings. The Labute approximate surface area is 123 Å². The molecule has 0 saturated carbocycles. The van der Waals surface area contributed by atoms with E-state index in [1.807, 2.05) is 37.3 Å². The first-order valence-corrected chi connectivity index (χ1v) is 7.29. The zero-order chi connectivity index (χ0) is 14.7. The van der Waals surface area contributed by atoms with Crippen LogP contribution in [0.25, 0.3) is 10.9 Å². The summed E-state index contributed by atoms with van der Waals surface area (Å²) in [6.45, 7) is 4.47. The Kier molecular flexibility index (Phi) is 4.01. The summed E-state index contributed by atoms with van der Waals surface area (Å²) in [5, 5.41) is 4.33. The van der Waals surface area contributed by atoms with Crippen LogP contribution in [0.1, 0.15) is 6.92 Å². The van der Waals surface area contributed by atoms with E-state index in [2.05, 4.69) is 15.2 Å². The Balaban J connectivity index is 2.00. The Morgan fingerprint density at radius 2 is 2.29 bits per heavy atom. The third-order valence-corrected chi connectivity index (χ3v) is 3.74. The molecule has 1 unspecified atom stereocenters. The van der Waals surface area contributed by atoms with E-state index in [0.29, 0.717) is 13.2 Å². The molecular formula is C16H19N3O2. The minimum Gasteiger partial charge on any atom is -0.464 e. The number of ether oxygens (including phenoxy) is 1. The van der Waals surface area contributed by atoms with Crippen molar-refractivity contribution in [2.75, 3.05) is 31.1 Å². The van der Waals surface area contributed by atoms with Crippen molar-refractivity contribution in [3.05, 3.63) is 36.5 Å². The summed E-state index contributed by atoms with van der Waals surface area (Å²) in [6, 6.07) is 9.68. The number of benzene rings is 1. The van der Waals surface area contributed by atoms with E-state index in [9.17, 15) is 4.79 Å². The normalized spacial score (nSPS) is 18.7. The van der Waals surface area contributed by atoms with Crippen molar-refractivity contribution in [2.45, 2.75) is 13.0 Å². The molecule has 0 amide bonds. The van der Waals surface area contributed by atoms with Crippen LogP contribution in [0.3, 0.4) is 0 Å². The first kappa shape index (κ1) is 13.8. The fourth-order valence-corrected chi connectivity index (χ4v) is 2.77. The van der Waals surface area contributed by atoms with Gasteiger partial charge < -0.3 is 15.0 Å². The number of hydrogen-bond donors (Lipinski definition) is 1. The molecule has 5 heteroatoms. The number of piperazine rings is 1. The topological polar surface area (TPSA) is 54.5 Å². The highest BCUT2D eigenvalue weighted by Crippen LogP contribution is 2.27. The highest BCUT2D eigenvalue weighted by Gasteiger charge is 2.30. The van der Waals surface area contributed by atoms with E-state index in [0.717, 1.165) is 29.7 Å². The molecule has 1 aliphatic rings. The zero-order valence-corrected chi connectivity index (χ0v) is 12.1. The number of fused-ring (bicyclic) bond motifs is 1. The van der Waals surface area contributed by atoms with Crippen molar-refractivity contribution < 1.29 is 9.53 Å². The lowest BCUT2D eigenvalue weighted by molar-refractivity contribution is -0.144. The van der Waals surface area contributed by atoms with Gasteiger partial charge >= 0.3 is 5.97 Å². The highest BCUT2D eigenvalue weighted by atomic mass is 16.5. The zero-order valence-electron chi connectivity index (χ0n) is 12.1. The molecule has 1 atom stereocenters. The van der Waals surface area contributed by atoms with Gasteiger partial charge in [0.05, 0.1) is 12.1 Å². The molecule has 5 nitrogen and oxygen atoms in total. The summed E-state index contributed by atoms with van der Waals surface area (Å²) in [7, 11) is 0. The monoisotopic (exact) mass is 285 g/mol. The van der Waals surface area contributed by atoms with Crippen LogP contribution in [0, 0.1) is 0 Å².